The van der Waals surface area contributed by atoms with Gasteiger partial charge in [-0.1, -0.05) is 41.9 Å². The van der Waals surface area contributed by atoms with Gasteiger partial charge in [0.15, 0.2) is 15.6 Å². The Hall–Kier alpha value is -2.13. The fourth-order valence-electron chi connectivity index (χ4n) is 2.68. The Labute approximate surface area is 186 Å². The first-order valence-electron chi connectivity index (χ1n) is 9.66. The second kappa shape index (κ2) is 10.8. The summed E-state index contributed by atoms with van der Waals surface area (Å²) in [6.07, 6.45) is 0.646. The first-order valence-corrected chi connectivity index (χ1v) is 12.2. The van der Waals surface area contributed by atoms with Crippen molar-refractivity contribution in [3.05, 3.63) is 52.6 Å². The maximum Gasteiger partial charge on any atom is 0.412 e. The van der Waals surface area contributed by atoms with E-state index in [2.05, 4.69) is 26.2 Å². The number of sulfone groups is 1. The molecule has 0 fully saturated rings. The first-order chi connectivity index (χ1) is 14.1. The van der Waals surface area contributed by atoms with Gasteiger partial charge in [0.25, 0.3) is 0 Å². The van der Waals surface area contributed by atoms with E-state index < -0.39 is 27.2 Å². The lowest BCUT2D eigenvalue weighted by Gasteiger charge is -2.24. The predicted octanol–water partition coefficient (Wildman–Crippen LogP) is 4.53. The van der Waals surface area contributed by atoms with Gasteiger partial charge in [-0.25, -0.2) is 18.2 Å². The summed E-state index contributed by atoms with van der Waals surface area (Å²) in [6.45, 7) is 7.68. The van der Waals surface area contributed by atoms with Crippen LogP contribution in [0.2, 0.25) is 0 Å². The maximum atomic E-state index is 12.9. The number of aromatic nitrogens is 1. The Morgan fingerprint density at radius 1 is 1.13 bits per heavy atom. The second-order valence-electron chi connectivity index (χ2n) is 7.17. The Morgan fingerprint density at radius 3 is 2.33 bits per heavy atom. The van der Waals surface area contributed by atoms with Crippen molar-refractivity contribution < 1.29 is 22.7 Å². The zero-order chi connectivity index (χ0) is 22.3. The molecule has 0 aliphatic rings. The van der Waals surface area contributed by atoms with Gasteiger partial charge in [-0.15, -0.1) is 0 Å². The van der Waals surface area contributed by atoms with Gasteiger partial charge >= 0.3 is 6.09 Å². The van der Waals surface area contributed by atoms with Gasteiger partial charge in [0.2, 0.25) is 5.88 Å². The van der Waals surface area contributed by atoms with Crippen LogP contribution in [0.4, 0.5) is 4.79 Å². The maximum absolute atomic E-state index is 12.9. The fraction of sp³-hybridized carbons (Fsp3) is 0.429. The predicted molar refractivity (Wildman–Crippen MR) is 120 cm³/mol. The third-order valence-electron chi connectivity index (χ3n) is 4.61. The van der Waals surface area contributed by atoms with Crippen LogP contribution < -0.4 is 14.8 Å². The smallest absolute Gasteiger partial charge is 0.412 e. The van der Waals surface area contributed by atoms with Crippen LogP contribution in [-0.2, 0) is 9.84 Å². The molecule has 0 aliphatic carbocycles. The minimum Gasteiger partial charge on any atom is -0.478 e. The van der Waals surface area contributed by atoms with E-state index >= 15 is 0 Å². The van der Waals surface area contributed by atoms with Crippen molar-refractivity contribution in [1.82, 2.24) is 10.3 Å². The molecule has 7 nitrogen and oxygen atoms in total. The van der Waals surface area contributed by atoms with Gasteiger partial charge in [0, 0.05) is 16.6 Å². The number of benzene rings is 1. The second-order valence-corrected chi connectivity index (χ2v) is 10.5. The molecular weight excluding hydrogens is 472 g/mol. The molecule has 0 spiro atoms. The molecule has 0 saturated carbocycles. The van der Waals surface area contributed by atoms with Crippen molar-refractivity contribution in [3.63, 3.8) is 0 Å². The summed E-state index contributed by atoms with van der Waals surface area (Å²) in [5.74, 6) is 0.365. The molecule has 0 radical (unpaired) electrons. The summed E-state index contributed by atoms with van der Waals surface area (Å²) < 4.78 is 37.2. The van der Waals surface area contributed by atoms with Gasteiger partial charge in [-0.05, 0) is 43.5 Å². The van der Waals surface area contributed by atoms with E-state index in [9.17, 15) is 13.2 Å². The minimum absolute atomic E-state index is 0.108. The number of nitrogens with zero attached hydrogens (tertiary/aromatic N) is 1. The van der Waals surface area contributed by atoms with Crippen LogP contribution in [0, 0.1) is 5.92 Å². The van der Waals surface area contributed by atoms with Crippen molar-refractivity contribution >= 4 is 31.9 Å². The molecule has 9 heteroatoms. The third kappa shape index (κ3) is 6.98. The number of hydrogen-bond donors (Lipinski definition) is 1. The lowest BCUT2D eigenvalue weighted by Crippen LogP contribution is -2.45. The van der Waals surface area contributed by atoms with Gasteiger partial charge < -0.3 is 14.8 Å². The lowest BCUT2D eigenvalue weighted by molar-refractivity contribution is 0.193. The molecule has 1 aromatic heterocycles. The van der Waals surface area contributed by atoms with Crippen molar-refractivity contribution in [2.45, 2.75) is 39.0 Å². The third-order valence-corrected chi connectivity index (χ3v) is 7.31. The molecule has 30 heavy (non-hydrogen) atoms. The van der Waals surface area contributed by atoms with Gasteiger partial charge in [0.1, 0.15) is 0 Å². The monoisotopic (exact) mass is 498 g/mol. The average Bonchev–Trinajstić information content (AvgIpc) is 2.69. The molecule has 1 heterocycles. The molecule has 2 aromatic rings. The molecule has 0 bridgehead atoms. The van der Waals surface area contributed by atoms with E-state index in [4.69, 9.17) is 9.47 Å². The summed E-state index contributed by atoms with van der Waals surface area (Å²) in [4.78, 5) is 16.3. The molecule has 1 amide bonds. The molecule has 1 aromatic carbocycles. The van der Waals surface area contributed by atoms with Crippen LogP contribution in [0.5, 0.6) is 11.6 Å². The number of ether oxygens (including phenoxy) is 2. The Kier molecular flexibility index (Phi) is 8.66. The zero-order valence-corrected chi connectivity index (χ0v) is 19.9. The van der Waals surface area contributed by atoms with Crippen molar-refractivity contribution in [2.75, 3.05) is 12.4 Å². The van der Waals surface area contributed by atoms with Crippen molar-refractivity contribution in [3.8, 4) is 11.6 Å². The summed E-state index contributed by atoms with van der Waals surface area (Å²) in [7, 11) is -3.52. The van der Waals surface area contributed by atoms with E-state index in [-0.39, 0.29) is 17.4 Å². The Bertz CT molecular complexity index is 931. The van der Waals surface area contributed by atoms with Crippen molar-refractivity contribution in [1.29, 1.82) is 0 Å². The lowest BCUT2D eigenvalue weighted by atomic mass is 10.1. The van der Waals surface area contributed by atoms with E-state index in [1.807, 2.05) is 32.9 Å². The largest absolute Gasteiger partial charge is 0.478 e. The van der Waals surface area contributed by atoms with Crippen LogP contribution in [0.1, 0.15) is 38.5 Å². The molecule has 164 valence electrons. The van der Waals surface area contributed by atoms with E-state index in [1.165, 1.54) is 6.20 Å². The van der Waals surface area contributed by atoms with E-state index in [0.717, 1.165) is 4.47 Å². The number of hydrogen-bond acceptors (Lipinski definition) is 6. The summed E-state index contributed by atoms with van der Waals surface area (Å²) in [5.41, 5.74) is 0.698. The number of halogens is 1. The Balaban J connectivity index is 2.03. The number of pyridine rings is 1. The highest BCUT2D eigenvalue weighted by Gasteiger charge is 2.29. The summed E-state index contributed by atoms with van der Waals surface area (Å²) >= 11 is 3.35. The highest BCUT2D eigenvalue weighted by atomic mass is 79.9. The highest BCUT2D eigenvalue weighted by Crippen LogP contribution is 2.25. The Morgan fingerprint density at radius 2 is 1.80 bits per heavy atom. The average molecular weight is 499 g/mol. The SMILES string of the molecule is CCOc1ccc(OC(=O)NC(CS(=O)(=O)C(C)c2ccc(Br)cc2)C(C)C)cn1. The van der Waals surface area contributed by atoms with E-state index in [0.29, 0.717) is 18.1 Å². The van der Waals surface area contributed by atoms with Gasteiger partial charge in [-0.3, -0.25) is 0 Å². The summed E-state index contributed by atoms with van der Waals surface area (Å²) in [6, 6.07) is 9.72. The van der Waals surface area contributed by atoms with Crippen LogP contribution >= 0.6 is 15.9 Å². The molecule has 0 saturated heterocycles. The molecule has 0 aliphatic heterocycles. The van der Waals surface area contributed by atoms with Gasteiger partial charge in [0.05, 0.1) is 23.8 Å². The minimum atomic E-state index is -3.52. The molecule has 2 atom stereocenters. The zero-order valence-electron chi connectivity index (χ0n) is 17.5. The van der Waals surface area contributed by atoms with Crippen LogP contribution in [0.15, 0.2) is 47.1 Å². The summed E-state index contributed by atoms with van der Waals surface area (Å²) in [5, 5.41) is 1.97. The van der Waals surface area contributed by atoms with Crippen LogP contribution in [0.25, 0.3) is 0 Å². The number of carbonyl (C=O) groups excluding carboxylic acids is 1. The standard InChI is InChI=1S/C21H27BrN2O5S/c1-5-28-20-11-10-18(12-23-20)29-21(25)24-19(14(2)3)13-30(26,27)15(4)16-6-8-17(22)9-7-16/h6-12,14-15,19H,5,13H2,1-4H3,(H,24,25). The van der Waals surface area contributed by atoms with Gasteiger partial charge in [-0.2, -0.15) is 0 Å². The number of nitrogens with one attached hydrogen (secondary N) is 1. The number of amides is 1. The highest BCUT2D eigenvalue weighted by molar-refractivity contribution is 9.10. The molecular formula is C21H27BrN2O5S. The number of rotatable bonds is 9. The topological polar surface area (TPSA) is 94.6 Å². The first kappa shape index (κ1) is 24.1. The molecule has 2 unspecified atom stereocenters. The van der Waals surface area contributed by atoms with E-state index in [1.54, 1.807) is 31.2 Å². The normalized spacial score (nSPS) is 13.5. The van der Waals surface area contributed by atoms with Crippen molar-refractivity contribution in [2.24, 2.45) is 5.92 Å². The van der Waals surface area contributed by atoms with Crippen LogP contribution in [-0.4, -0.2) is 37.9 Å². The quantitative estimate of drug-likeness (QED) is 0.545. The molecule has 2 rings (SSSR count). The van der Waals surface area contributed by atoms with Crippen LogP contribution in [0.3, 0.4) is 0 Å². The molecule has 1 N–H and O–H groups in total. The fourth-order valence-corrected chi connectivity index (χ4v) is 4.78. The number of carbonyl (C=O) groups is 1.